The van der Waals surface area contributed by atoms with Gasteiger partial charge in [-0.15, -0.1) is 0 Å². The fraction of sp³-hybridized carbons (Fsp3) is 0.158. The molecule has 0 fully saturated rings. The van der Waals surface area contributed by atoms with Crippen molar-refractivity contribution in [1.82, 2.24) is 0 Å². The third kappa shape index (κ3) is 5.37. The number of carbonyl (C=O) groups is 2. The number of nitrogens with two attached hydrogens (primary N) is 1. The van der Waals surface area contributed by atoms with Crippen LogP contribution in [0.2, 0.25) is 0 Å². The molecule has 1 amide bonds. The number of benzene rings is 2. The van der Waals surface area contributed by atoms with Gasteiger partial charge in [0.25, 0.3) is 0 Å². The molecule has 0 aliphatic carbocycles. The van der Waals surface area contributed by atoms with Gasteiger partial charge in [0.15, 0.2) is 0 Å². The van der Waals surface area contributed by atoms with E-state index in [9.17, 15) is 9.59 Å². The van der Waals surface area contributed by atoms with E-state index in [-0.39, 0.29) is 24.4 Å². The highest BCUT2D eigenvalue weighted by Gasteiger charge is 2.15. The number of carbonyl (C=O) groups excluding carboxylic acids is 2. The summed E-state index contributed by atoms with van der Waals surface area (Å²) in [5.41, 5.74) is 7.25. The lowest BCUT2D eigenvalue weighted by molar-refractivity contribution is 0.0602. The third-order valence-corrected chi connectivity index (χ3v) is 3.21. The second-order valence-electron chi connectivity index (χ2n) is 4.94. The second kappa shape index (κ2) is 9.11. The molecule has 0 heterocycles. The van der Waals surface area contributed by atoms with Crippen LogP contribution in [-0.2, 0) is 16.1 Å². The van der Waals surface area contributed by atoms with Crippen LogP contribution in [0.1, 0.15) is 21.5 Å². The van der Waals surface area contributed by atoms with Gasteiger partial charge in [0.05, 0.1) is 24.9 Å². The number of anilines is 1. The van der Waals surface area contributed by atoms with Crippen LogP contribution in [0.5, 0.6) is 0 Å². The van der Waals surface area contributed by atoms with E-state index in [1.54, 1.807) is 12.1 Å². The number of ether oxygens (including phenoxy) is 2. The van der Waals surface area contributed by atoms with Crippen molar-refractivity contribution in [2.45, 2.75) is 6.61 Å². The minimum Gasteiger partial charge on any atom is -0.465 e. The van der Waals surface area contributed by atoms with Crippen LogP contribution in [0.4, 0.5) is 10.5 Å². The van der Waals surface area contributed by atoms with Gasteiger partial charge in [-0.05, 0) is 23.8 Å². The van der Waals surface area contributed by atoms with Gasteiger partial charge in [-0.2, -0.15) is 0 Å². The number of amides is 1. The van der Waals surface area contributed by atoms with Gasteiger partial charge >= 0.3 is 12.1 Å². The van der Waals surface area contributed by atoms with Crippen LogP contribution < -0.4 is 11.1 Å². The molecule has 0 saturated heterocycles. The molecule has 0 saturated carbocycles. The largest absolute Gasteiger partial charge is 0.465 e. The summed E-state index contributed by atoms with van der Waals surface area (Å²) < 4.78 is 9.89. The first-order chi connectivity index (χ1) is 12.1. The van der Waals surface area contributed by atoms with Crippen molar-refractivity contribution in [2.24, 2.45) is 5.73 Å². The van der Waals surface area contributed by atoms with E-state index < -0.39 is 12.1 Å². The van der Waals surface area contributed by atoms with E-state index in [2.05, 4.69) is 17.2 Å². The van der Waals surface area contributed by atoms with Gasteiger partial charge < -0.3 is 15.2 Å². The van der Waals surface area contributed by atoms with Gasteiger partial charge in [-0.3, -0.25) is 5.32 Å². The highest BCUT2D eigenvalue weighted by Crippen LogP contribution is 2.19. The molecule has 0 unspecified atom stereocenters. The first-order valence-electron chi connectivity index (χ1n) is 7.53. The Morgan fingerprint density at radius 2 is 1.92 bits per heavy atom. The summed E-state index contributed by atoms with van der Waals surface area (Å²) in [7, 11) is 1.26. The fourth-order valence-electron chi connectivity index (χ4n) is 2.03. The zero-order valence-electron chi connectivity index (χ0n) is 13.7. The molecular weight excluding hydrogens is 320 g/mol. The van der Waals surface area contributed by atoms with Crippen LogP contribution in [0.25, 0.3) is 0 Å². The van der Waals surface area contributed by atoms with E-state index >= 15 is 0 Å². The van der Waals surface area contributed by atoms with Crippen molar-refractivity contribution in [3.8, 4) is 11.8 Å². The van der Waals surface area contributed by atoms with E-state index in [4.69, 9.17) is 15.2 Å². The molecule has 0 spiro atoms. The number of rotatable bonds is 4. The minimum atomic E-state index is -0.671. The van der Waals surface area contributed by atoms with Gasteiger partial charge in [0.1, 0.15) is 6.61 Å². The van der Waals surface area contributed by atoms with Crippen LogP contribution in [0.3, 0.4) is 0 Å². The van der Waals surface area contributed by atoms with E-state index in [0.29, 0.717) is 5.56 Å². The Morgan fingerprint density at radius 3 is 2.60 bits per heavy atom. The molecule has 3 N–H and O–H groups in total. The van der Waals surface area contributed by atoms with Crippen LogP contribution in [-0.4, -0.2) is 25.7 Å². The highest BCUT2D eigenvalue weighted by atomic mass is 16.5. The fourth-order valence-corrected chi connectivity index (χ4v) is 2.03. The molecule has 0 aliphatic rings. The lowest BCUT2D eigenvalue weighted by Crippen LogP contribution is -2.16. The van der Waals surface area contributed by atoms with Crippen LogP contribution in [0.15, 0.2) is 48.5 Å². The molecule has 2 aromatic rings. The quantitative estimate of drug-likeness (QED) is 0.660. The van der Waals surface area contributed by atoms with Crippen molar-refractivity contribution in [3.63, 3.8) is 0 Å². The Kier molecular flexibility index (Phi) is 6.57. The first kappa shape index (κ1) is 18.0. The SMILES string of the molecule is COC(=O)c1cc(C#CCN)ccc1NC(=O)OCc1ccccc1. The predicted molar refractivity (Wildman–Crippen MR) is 94.0 cm³/mol. The molecular formula is C19H18N2O4. The maximum Gasteiger partial charge on any atom is 0.411 e. The number of methoxy groups -OCH3 is 1. The normalized spacial score (nSPS) is 9.52. The molecule has 6 nitrogen and oxygen atoms in total. The van der Waals surface area contributed by atoms with Gasteiger partial charge in [-0.25, -0.2) is 9.59 Å². The zero-order valence-corrected chi connectivity index (χ0v) is 13.7. The molecule has 0 atom stereocenters. The summed E-state index contributed by atoms with van der Waals surface area (Å²) >= 11 is 0. The van der Waals surface area contributed by atoms with Crippen LogP contribution in [0, 0.1) is 11.8 Å². The average molecular weight is 338 g/mol. The molecule has 0 aromatic heterocycles. The maximum absolute atomic E-state index is 12.0. The van der Waals surface area contributed by atoms with E-state index in [1.165, 1.54) is 13.2 Å². The number of nitrogens with one attached hydrogen (secondary N) is 1. The Balaban J connectivity index is 2.11. The Morgan fingerprint density at radius 1 is 1.16 bits per heavy atom. The summed E-state index contributed by atoms with van der Waals surface area (Å²) in [6.07, 6.45) is -0.671. The Bertz CT molecular complexity index is 807. The minimum absolute atomic E-state index is 0.125. The van der Waals surface area contributed by atoms with Crippen molar-refractivity contribution in [1.29, 1.82) is 0 Å². The van der Waals surface area contributed by atoms with Crippen molar-refractivity contribution in [2.75, 3.05) is 19.0 Å². The lowest BCUT2D eigenvalue weighted by atomic mass is 10.1. The van der Waals surface area contributed by atoms with Gasteiger partial charge in [0.2, 0.25) is 0 Å². The molecule has 0 aliphatic heterocycles. The number of hydrogen-bond donors (Lipinski definition) is 2. The van der Waals surface area contributed by atoms with Crippen LogP contribution >= 0.6 is 0 Å². The van der Waals surface area contributed by atoms with Crippen molar-refractivity contribution in [3.05, 3.63) is 65.2 Å². The maximum atomic E-state index is 12.0. The molecule has 0 radical (unpaired) electrons. The Labute approximate surface area is 145 Å². The van der Waals surface area contributed by atoms with Gasteiger partial charge in [-0.1, -0.05) is 42.2 Å². The average Bonchev–Trinajstić information content (AvgIpc) is 2.65. The lowest BCUT2D eigenvalue weighted by Gasteiger charge is -2.11. The van der Waals surface area contributed by atoms with E-state index in [1.807, 2.05) is 30.3 Å². The standard InChI is InChI=1S/C19H18N2O4/c1-24-18(22)16-12-14(8-5-11-20)9-10-17(16)21-19(23)25-13-15-6-3-2-4-7-15/h2-4,6-7,9-10,12H,11,13,20H2,1H3,(H,21,23). The summed E-state index contributed by atoms with van der Waals surface area (Å²) in [5, 5.41) is 2.54. The first-order valence-corrected chi connectivity index (χ1v) is 7.53. The van der Waals surface area contributed by atoms with Crippen molar-refractivity contribution >= 4 is 17.7 Å². The summed E-state index contributed by atoms with van der Waals surface area (Å²) in [4.78, 5) is 23.9. The van der Waals surface area contributed by atoms with Gasteiger partial charge in [0, 0.05) is 5.56 Å². The highest BCUT2D eigenvalue weighted by molar-refractivity contribution is 6.00. The zero-order chi connectivity index (χ0) is 18.1. The number of esters is 1. The topological polar surface area (TPSA) is 90.6 Å². The monoisotopic (exact) mass is 338 g/mol. The Hall–Kier alpha value is -3.30. The molecule has 2 rings (SSSR count). The molecule has 128 valence electrons. The second-order valence-corrected chi connectivity index (χ2v) is 4.94. The third-order valence-electron chi connectivity index (χ3n) is 3.21. The summed E-state index contributed by atoms with van der Waals surface area (Å²) in [6.45, 7) is 0.333. The van der Waals surface area contributed by atoms with E-state index in [0.717, 1.165) is 5.56 Å². The van der Waals surface area contributed by atoms with Crippen molar-refractivity contribution < 1.29 is 19.1 Å². The summed E-state index contributed by atoms with van der Waals surface area (Å²) in [6, 6.07) is 14.0. The summed E-state index contributed by atoms with van der Waals surface area (Å²) in [5.74, 6) is 4.94. The molecule has 25 heavy (non-hydrogen) atoms. The number of hydrogen-bond acceptors (Lipinski definition) is 5. The molecule has 6 heteroatoms. The molecule has 2 aromatic carbocycles. The molecule has 0 bridgehead atoms. The predicted octanol–water partition coefficient (Wildman–Crippen LogP) is 2.53. The smallest absolute Gasteiger partial charge is 0.411 e.